The summed E-state index contributed by atoms with van der Waals surface area (Å²) in [6, 6.07) is 5.50. The Bertz CT molecular complexity index is 790. The number of hydrogen-bond acceptors (Lipinski definition) is 4. The van der Waals surface area contributed by atoms with Crippen LogP contribution in [-0.2, 0) is 27.7 Å². The average molecular weight is 361 g/mol. The van der Waals surface area contributed by atoms with Gasteiger partial charge in [-0.3, -0.25) is 9.69 Å². The zero-order chi connectivity index (χ0) is 17.9. The summed E-state index contributed by atoms with van der Waals surface area (Å²) in [5.74, 6) is 2.23. The number of hydrogen-bond donors (Lipinski definition) is 1. The Balaban J connectivity index is 1.60. The van der Waals surface area contributed by atoms with Gasteiger partial charge in [0, 0.05) is 26.2 Å². The van der Waals surface area contributed by atoms with E-state index in [1.807, 2.05) is 17.0 Å². The van der Waals surface area contributed by atoms with Crippen molar-refractivity contribution >= 4 is 15.9 Å². The van der Waals surface area contributed by atoms with Crippen molar-refractivity contribution in [2.24, 2.45) is 0 Å². The molecule has 0 saturated carbocycles. The third-order valence-electron chi connectivity index (χ3n) is 4.79. The standard InChI is InChI=1S/C18H23N3O3S/c1-2-8-19-18(22)14-20-9-11-21(12-10-20)25(23,24)17-7-6-15-4-3-5-16(15)13-17/h1,6-7,13H,3-5,8-12,14H2,(H,19,22). The van der Waals surface area contributed by atoms with E-state index in [1.165, 1.54) is 9.87 Å². The number of carbonyl (C=O) groups is 1. The molecule has 2 aliphatic rings. The van der Waals surface area contributed by atoms with Crippen molar-refractivity contribution in [1.29, 1.82) is 0 Å². The van der Waals surface area contributed by atoms with E-state index in [0.29, 0.717) is 31.1 Å². The van der Waals surface area contributed by atoms with Crippen molar-refractivity contribution in [3.05, 3.63) is 29.3 Å². The van der Waals surface area contributed by atoms with Crippen molar-refractivity contribution in [1.82, 2.24) is 14.5 Å². The average Bonchev–Trinajstić information content (AvgIpc) is 3.08. The van der Waals surface area contributed by atoms with E-state index in [1.54, 1.807) is 6.07 Å². The SMILES string of the molecule is C#CCNC(=O)CN1CCN(S(=O)(=O)c2ccc3c(c2)CCC3)CC1. The third kappa shape index (κ3) is 4.03. The third-order valence-corrected chi connectivity index (χ3v) is 6.69. The molecule has 134 valence electrons. The Labute approximate surface area is 149 Å². The summed E-state index contributed by atoms with van der Waals surface area (Å²) in [6.45, 7) is 2.31. The normalized spacial score (nSPS) is 18.5. The second-order valence-corrected chi connectivity index (χ2v) is 8.38. The number of piperazine rings is 1. The highest BCUT2D eigenvalue weighted by Crippen LogP contribution is 2.26. The van der Waals surface area contributed by atoms with E-state index in [-0.39, 0.29) is 19.0 Å². The number of benzene rings is 1. The van der Waals surface area contributed by atoms with E-state index in [2.05, 4.69) is 11.2 Å². The molecule has 0 spiro atoms. The fourth-order valence-corrected chi connectivity index (χ4v) is 4.87. The molecule has 7 heteroatoms. The molecule has 1 N–H and O–H groups in total. The molecule has 1 heterocycles. The first-order chi connectivity index (χ1) is 12.0. The molecular weight excluding hydrogens is 338 g/mol. The first-order valence-electron chi connectivity index (χ1n) is 8.55. The van der Waals surface area contributed by atoms with Crippen molar-refractivity contribution in [2.45, 2.75) is 24.2 Å². The molecule has 0 bridgehead atoms. The topological polar surface area (TPSA) is 69.7 Å². The van der Waals surface area contributed by atoms with E-state index >= 15 is 0 Å². The van der Waals surface area contributed by atoms with Crippen molar-refractivity contribution in [3.8, 4) is 12.3 Å². The lowest BCUT2D eigenvalue weighted by Gasteiger charge is -2.33. The number of terminal acetylenes is 1. The van der Waals surface area contributed by atoms with Crippen LogP contribution in [0.25, 0.3) is 0 Å². The Morgan fingerprint density at radius 3 is 2.60 bits per heavy atom. The summed E-state index contributed by atoms with van der Waals surface area (Å²) >= 11 is 0. The summed E-state index contributed by atoms with van der Waals surface area (Å²) in [4.78, 5) is 14.0. The van der Waals surface area contributed by atoms with Crippen LogP contribution in [0.1, 0.15) is 17.5 Å². The lowest BCUT2D eigenvalue weighted by molar-refractivity contribution is -0.122. The zero-order valence-corrected chi connectivity index (χ0v) is 15.0. The first-order valence-corrected chi connectivity index (χ1v) is 9.99. The van der Waals surface area contributed by atoms with E-state index in [0.717, 1.165) is 24.8 Å². The minimum atomic E-state index is -3.47. The van der Waals surface area contributed by atoms with Crippen LogP contribution in [0, 0.1) is 12.3 Å². The first kappa shape index (κ1) is 17.9. The van der Waals surface area contributed by atoms with Gasteiger partial charge in [0.1, 0.15) is 0 Å². The monoisotopic (exact) mass is 361 g/mol. The molecule has 0 atom stereocenters. The zero-order valence-electron chi connectivity index (χ0n) is 14.2. The predicted molar refractivity (Wildman–Crippen MR) is 95.5 cm³/mol. The number of nitrogens with zero attached hydrogens (tertiary/aromatic N) is 2. The van der Waals surface area contributed by atoms with Gasteiger partial charge in [-0.15, -0.1) is 6.42 Å². The molecule has 1 aliphatic heterocycles. The molecule has 1 aliphatic carbocycles. The summed E-state index contributed by atoms with van der Waals surface area (Å²) in [5.41, 5.74) is 2.42. The van der Waals surface area contributed by atoms with Gasteiger partial charge >= 0.3 is 0 Å². The van der Waals surface area contributed by atoms with Crippen LogP contribution in [0.15, 0.2) is 23.1 Å². The van der Waals surface area contributed by atoms with Crippen molar-refractivity contribution < 1.29 is 13.2 Å². The van der Waals surface area contributed by atoms with Crippen LogP contribution in [0.5, 0.6) is 0 Å². The quantitative estimate of drug-likeness (QED) is 0.763. The number of nitrogens with one attached hydrogen (secondary N) is 1. The fourth-order valence-electron chi connectivity index (χ4n) is 3.39. The molecule has 0 unspecified atom stereocenters. The van der Waals surface area contributed by atoms with Crippen molar-refractivity contribution in [2.75, 3.05) is 39.3 Å². The van der Waals surface area contributed by atoms with Gasteiger partial charge in [-0.2, -0.15) is 4.31 Å². The molecule has 0 aromatic heterocycles. The second-order valence-electron chi connectivity index (χ2n) is 6.45. The molecular formula is C18H23N3O3S. The summed E-state index contributed by atoms with van der Waals surface area (Å²) in [7, 11) is -3.47. The van der Waals surface area contributed by atoms with Gasteiger partial charge in [0.25, 0.3) is 0 Å². The highest BCUT2D eigenvalue weighted by Gasteiger charge is 2.29. The number of amides is 1. The molecule has 6 nitrogen and oxygen atoms in total. The summed E-state index contributed by atoms with van der Waals surface area (Å²) in [6.07, 6.45) is 8.21. The number of sulfonamides is 1. The number of fused-ring (bicyclic) bond motifs is 1. The lowest BCUT2D eigenvalue weighted by Crippen LogP contribution is -2.51. The van der Waals surface area contributed by atoms with E-state index in [4.69, 9.17) is 6.42 Å². The summed E-state index contributed by atoms with van der Waals surface area (Å²) in [5, 5.41) is 2.62. The summed E-state index contributed by atoms with van der Waals surface area (Å²) < 4.78 is 27.2. The molecule has 3 rings (SSSR count). The predicted octanol–water partition coefficient (Wildman–Crippen LogP) is 0.231. The highest BCUT2D eigenvalue weighted by molar-refractivity contribution is 7.89. The molecule has 0 radical (unpaired) electrons. The maximum atomic E-state index is 12.9. The van der Waals surface area contributed by atoms with Crippen LogP contribution in [-0.4, -0.2) is 62.8 Å². The van der Waals surface area contributed by atoms with Crippen LogP contribution >= 0.6 is 0 Å². The van der Waals surface area contributed by atoms with Crippen LogP contribution in [0.2, 0.25) is 0 Å². The van der Waals surface area contributed by atoms with Gasteiger partial charge in [0.2, 0.25) is 15.9 Å². The number of aryl methyl sites for hydroxylation is 2. The van der Waals surface area contributed by atoms with E-state index in [9.17, 15) is 13.2 Å². The fraction of sp³-hybridized carbons (Fsp3) is 0.500. The lowest BCUT2D eigenvalue weighted by atomic mass is 10.1. The molecule has 1 aromatic rings. The molecule has 1 fully saturated rings. The number of rotatable bonds is 5. The minimum Gasteiger partial charge on any atom is -0.344 e. The van der Waals surface area contributed by atoms with Gasteiger partial charge in [-0.1, -0.05) is 12.0 Å². The Kier molecular flexibility index (Phi) is 5.42. The number of carbonyl (C=O) groups excluding carboxylic acids is 1. The molecule has 1 aromatic carbocycles. The van der Waals surface area contributed by atoms with Gasteiger partial charge in [-0.25, -0.2) is 8.42 Å². The maximum Gasteiger partial charge on any atom is 0.243 e. The van der Waals surface area contributed by atoms with E-state index < -0.39 is 10.0 Å². The molecule has 25 heavy (non-hydrogen) atoms. The van der Waals surface area contributed by atoms with Crippen LogP contribution in [0.3, 0.4) is 0 Å². The van der Waals surface area contributed by atoms with Gasteiger partial charge in [0.15, 0.2) is 0 Å². The Morgan fingerprint density at radius 2 is 1.88 bits per heavy atom. The molecule has 1 saturated heterocycles. The van der Waals surface area contributed by atoms with Gasteiger partial charge < -0.3 is 5.32 Å². The Morgan fingerprint density at radius 1 is 1.16 bits per heavy atom. The highest BCUT2D eigenvalue weighted by atomic mass is 32.2. The maximum absolute atomic E-state index is 12.9. The minimum absolute atomic E-state index is 0.132. The van der Waals surface area contributed by atoms with Gasteiger partial charge in [0.05, 0.1) is 18.0 Å². The van der Waals surface area contributed by atoms with Gasteiger partial charge in [-0.05, 0) is 42.5 Å². The largest absolute Gasteiger partial charge is 0.344 e. The van der Waals surface area contributed by atoms with Crippen LogP contribution < -0.4 is 5.32 Å². The van der Waals surface area contributed by atoms with Crippen LogP contribution in [0.4, 0.5) is 0 Å². The second kappa shape index (κ2) is 7.56. The smallest absolute Gasteiger partial charge is 0.243 e. The van der Waals surface area contributed by atoms with Crippen molar-refractivity contribution in [3.63, 3.8) is 0 Å². The molecule has 1 amide bonds. The Hall–Kier alpha value is -1.88.